The molecule has 0 spiro atoms. The molecule has 3 nitrogen and oxygen atoms in total. The zero-order valence-electron chi connectivity index (χ0n) is 11.7. The summed E-state index contributed by atoms with van der Waals surface area (Å²) in [5, 5.41) is 2.16. The first-order valence-corrected chi connectivity index (χ1v) is 8.02. The predicted molar refractivity (Wildman–Crippen MR) is 86.1 cm³/mol. The fraction of sp³-hybridized carbons (Fsp3) is 0.375. The SMILES string of the molecule is NCc1ccc(N2CCN(Cc3cccs3)CC2)cc1. The highest BCUT2D eigenvalue weighted by molar-refractivity contribution is 7.09. The van der Waals surface area contributed by atoms with Crippen molar-refractivity contribution in [1.82, 2.24) is 4.90 Å². The highest BCUT2D eigenvalue weighted by atomic mass is 32.1. The van der Waals surface area contributed by atoms with Gasteiger partial charge in [-0.15, -0.1) is 11.3 Å². The summed E-state index contributed by atoms with van der Waals surface area (Å²) < 4.78 is 0. The molecule has 0 atom stereocenters. The van der Waals surface area contributed by atoms with Crippen LogP contribution in [0.3, 0.4) is 0 Å². The molecule has 0 unspecified atom stereocenters. The number of hydrogen-bond donors (Lipinski definition) is 1. The van der Waals surface area contributed by atoms with Crippen molar-refractivity contribution in [3.63, 3.8) is 0 Å². The van der Waals surface area contributed by atoms with Crippen molar-refractivity contribution in [2.75, 3.05) is 31.1 Å². The van der Waals surface area contributed by atoms with Gasteiger partial charge in [0, 0.05) is 49.8 Å². The molecule has 0 radical (unpaired) electrons. The first-order chi connectivity index (χ1) is 9.85. The van der Waals surface area contributed by atoms with E-state index in [0.29, 0.717) is 6.54 Å². The first kappa shape index (κ1) is 13.6. The Labute approximate surface area is 124 Å². The lowest BCUT2D eigenvalue weighted by Crippen LogP contribution is -2.45. The van der Waals surface area contributed by atoms with E-state index < -0.39 is 0 Å². The van der Waals surface area contributed by atoms with Gasteiger partial charge in [-0.2, -0.15) is 0 Å². The maximum absolute atomic E-state index is 5.64. The molecule has 1 aromatic heterocycles. The molecule has 1 aliphatic heterocycles. The molecule has 0 amide bonds. The second-order valence-electron chi connectivity index (χ2n) is 5.21. The van der Waals surface area contributed by atoms with Crippen LogP contribution < -0.4 is 10.6 Å². The van der Waals surface area contributed by atoms with Crippen molar-refractivity contribution in [3.8, 4) is 0 Å². The van der Waals surface area contributed by atoms with E-state index in [1.54, 1.807) is 0 Å². The minimum Gasteiger partial charge on any atom is -0.369 e. The van der Waals surface area contributed by atoms with E-state index >= 15 is 0 Å². The molecule has 20 heavy (non-hydrogen) atoms. The quantitative estimate of drug-likeness (QED) is 0.938. The molecule has 2 N–H and O–H groups in total. The highest BCUT2D eigenvalue weighted by Gasteiger charge is 2.17. The molecule has 1 saturated heterocycles. The maximum Gasteiger partial charge on any atom is 0.0367 e. The van der Waals surface area contributed by atoms with Crippen LogP contribution in [0.15, 0.2) is 41.8 Å². The highest BCUT2D eigenvalue weighted by Crippen LogP contribution is 2.19. The minimum atomic E-state index is 0.620. The molecule has 106 valence electrons. The van der Waals surface area contributed by atoms with E-state index in [-0.39, 0.29) is 0 Å². The van der Waals surface area contributed by atoms with Crippen LogP contribution >= 0.6 is 11.3 Å². The summed E-state index contributed by atoms with van der Waals surface area (Å²) in [6, 6.07) is 13.0. The fourth-order valence-electron chi connectivity index (χ4n) is 2.63. The third-order valence-corrected chi connectivity index (χ3v) is 4.73. The van der Waals surface area contributed by atoms with E-state index in [1.165, 1.54) is 16.1 Å². The second kappa shape index (κ2) is 6.39. The Hall–Kier alpha value is -1.36. The standard InChI is InChI=1S/C16H21N3S/c17-12-14-3-5-15(6-4-14)19-9-7-18(8-10-19)13-16-2-1-11-20-16/h1-6,11H,7-10,12-13,17H2. The van der Waals surface area contributed by atoms with E-state index in [2.05, 4.69) is 51.6 Å². The Bertz CT molecular complexity index is 513. The van der Waals surface area contributed by atoms with Gasteiger partial charge in [0.2, 0.25) is 0 Å². The second-order valence-corrected chi connectivity index (χ2v) is 6.25. The van der Waals surface area contributed by atoms with Crippen LogP contribution in [0, 0.1) is 0 Å². The average molecular weight is 287 g/mol. The van der Waals surface area contributed by atoms with Gasteiger partial charge in [-0.25, -0.2) is 0 Å². The van der Waals surface area contributed by atoms with Crippen LogP contribution in [0.4, 0.5) is 5.69 Å². The number of hydrogen-bond acceptors (Lipinski definition) is 4. The van der Waals surface area contributed by atoms with E-state index in [4.69, 9.17) is 5.73 Å². The Morgan fingerprint density at radius 3 is 2.35 bits per heavy atom. The molecular formula is C16H21N3S. The van der Waals surface area contributed by atoms with Crippen molar-refractivity contribution in [3.05, 3.63) is 52.2 Å². The average Bonchev–Trinajstić information content (AvgIpc) is 3.01. The van der Waals surface area contributed by atoms with Gasteiger partial charge in [0.05, 0.1) is 0 Å². The van der Waals surface area contributed by atoms with Crippen molar-refractivity contribution >= 4 is 17.0 Å². The first-order valence-electron chi connectivity index (χ1n) is 7.14. The summed E-state index contributed by atoms with van der Waals surface area (Å²) in [5.41, 5.74) is 8.16. The number of thiophene rings is 1. The summed E-state index contributed by atoms with van der Waals surface area (Å²) in [4.78, 5) is 6.47. The van der Waals surface area contributed by atoms with Crippen LogP contribution in [0.2, 0.25) is 0 Å². The summed E-state index contributed by atoms with van der Waals surface area (Å²) >= 11 is 1.85. The Kier molecular flexibility index (Phi) is 4.35. The third kappa shape index (κ3) is 3.20. The maximum atomic E-state index is 5.64. The zero-order chi connectivity index (χ0) is 13.8. The number of nitrogens with zero attached hydrogens (tertiary/aromatic N) is 2. The molecule has 0 aliphatic carbocycles. The van der Waals surface area contributed by atoms with Crippen LogP contribution in [0.25, 0.3) is 0 Å². The van der Waals surface area contributed by atoms with Gasteiger partial charge in [-0.1, -0.05) is 18.2 Å². The smallest absolute Gasteiger partial charge is 0.0367 e. The predicted octanol–water partition coefficient (Wildman–Crippen LogP) is 2.53. The minimum absolute atomic E-state index is 0.620. The van der Waals surface area contributed by atoms with Gasteiger partial charge in [-0.05, 0) is 29.1 Å². The molecule has 1 fully saturated rings. The number of anilines is 1. The van der Waals surface area contributed by atoms with Crippen LogP contribution in [0.1, 0.15) is 10.4 Å². The largest absolute Gasteiger partial charge is 0.369 e. The molecule has 0 saturated carbocycles. The van der Waals surface area contributed by atoms with Crippen molar-refractivity contribution < 1.29 is 0 Å². The molecule has 0 bridgehead atoms. The number of rotatable bonds is 4. The van der Waals surface area contributed by atoms with Crippen LogP contribution in [0.5, 0.6) is 0 Å². The van der Waals surface area contributed by atoms with Gasteiger partial charge >= 0.3 is 0 Å². The molecule has 3 rings (SSSR count). The van der Waals surface area contributed by atoms with E-state index in [1.807, 2.05) is 11.3 Å². The molecule has 1 aromatic carbocycles. The van der Waals surface area contributed by atoms with Crippen LogP contribution in [-0.2, 0) is 13.1 Å². The van der Waals surface area contributed by atoms with Crippen LogP contribution in [-0.4, -0.2) is 31.1 Å². The number of benzene rings is 1. The fourth-order valence-corrected chi connectivity index (χ4v) is 3.38. The van der Waals surface area contributed by atoms with Gasteiger partial charge in [0.25, 0.3) is 0 Å². The summed E-state index contributed by atoms with van der Waals surface area (Å²) in [5.74, 6) is 0. The topological polar surface area (TPSA) is 32.5 Å². The normalized spacial score (nSPS) is 16.6. The zero-order valence-corrected chi connectivity index (χ0v) is 12.5. The number of piperazine rings is 1. The third-order valence-electron chi connectivity index (χ3n) is 3.87. The monoisotopic (exact) mass is 287 g/mol. The Balaban J connectivity index is 1.55. The van der Waals surface area contributed by atoms with Gasteiger partial charge in [-0.3, -0.25) is 4.90 Å². The lowest BCUT2D eigenvalue weighted by atomic mass is 10.2. The molecule has 1 aliphatic rings. The molecular weight excluding hydrogens is 266 g/mol. The summed E-state index contributed by atoms with van der Waals surface area (Å²) in [6.45, 7) is 6.19. The lowest BCUT2D eigenvalue weighted by Gasteiger charge is -2.36. The Morgan fingerprint density at radius 1 is 1.00 bits per heavy atom. The number of nitrogens with two attached hydrogens (primary N) is 1. The van der Waals surface area contributed by atoms with E-state index in [0.717, 1.165) is 32.7 Å². The van der Waals surface area contributed by atoms with Gasteiger partial charge in [0.15, 0.2) is 0 Å². The summed E-state index contributed by atoms with van der Waals surface area (Å²) in [6.07, 6.45) is 0. The summed E-state index contributed by atoms with van der Waals surface area (Å²) in [7, 11) is 0. The van der Waals surface area contributed by atoms with Crippen molar-refractivity contribution in [2.45, 2.75) is 13.1 Å². The van der Waals surface area contributed by atoms with Crippen molar-refractivity contribution in [1.29, 1.82) is 0 Å². The van der Waals surface area contributed by atoms with E-state index in [9.17, 15) is 0 Å². The lowest BCUT2D eigenvalue weighted by molar-refractivity contribution is 0.252. The Morgan fingerprint density at radius 2 is 1.75 bits per heavy atom. The molecule has 2 heterocycles. The van der Waals surface area contributed by atoms with Gasteiger partial charge < -0.3 is 10.6 Å². The van der Waals surface area contributed by atoms with Crippen molar-refractivity contribution in [2.24, 2.45) is 5.73 Å². The van der Waals surface area contributed by atoms with Gasteiger partial charge in [0.1, 0.15) is 0 Å². The molecule has 2 aromatic rings. The molecule has 4 heteroatoms.